The number of carbonyl (C=O) groups excluding carboxylic acids is 1. The minimum atomic E-state index is -0.613. The Bertz CT molecular complexity index is 798. The van der Waals surface area contributed by atoms with Gasteiger partial charge in [0.05, 0.1) is 11.6 Å². The smallest absolute Gasteiger partial charge is 0.271 e. The monoisotopic (exact) mass is 413 g/mol. The summed E-state index contributed by atoms with van der Waals surface area (Å²) in [5.41, 5.74) is 0.582. The Morgan fingerprint density at radius 1 is 1.03 bits per heavy atom. The number of ether oxygens (including phenoxy) is 2. The fraction of sp³-hybridized carbons (Fsp3) is 0.364. The van der Waals surface area contributed by atoms with Crippen LogP contribution in [0.4, 0.5) is 0 Å². The highest BCUT2D eigenvalue weighted by Gasteiger charge is 2.16. The lowest BCUT2D eigenvalue weighted by Crippen LogP contribution is -2.35. The summed E-state index contributed by atoms with van der Waals surface area (Å²) in [6.07, 6.45) is 1.45. The molecule has 1 atom stereocenters. The summed E-state index contributed by atoms with van der Waals surface area (Å²) >= 11 is 1.34. The summed E-state index contributed by atoms with van der Waals surface area (Å²) in [7, 11) is 0. The molecule has 0 radical (unpaired) electrons. The van der Waals surface area contributed by atoms with Crippen LogP contribution in [-0.2, 0) is 4.79 Å². The molecule has 0 aromatic heterocycles. The van der Waals surface area contributed by atoms with Crippen molar-refractivity contribution in [3.8, 4) is 23.3 Å². The Balaban J connectivity index is 1.84. The number of nitriles is 1. The first-order chi connectivity index (χ1) is 14.0. The number of amides is 1. The van der Waals surface area contributed by atoms with E-state index in [1.807, 2.05) is 0 Å². The van der Waals surface area contributed by atoms with Crippen molar-refractivity contribution < 1.29 is 14.3 Å². The predicted octanol–water partition coefficient (Wildman–Crippen LogP) is 4.92. The maximum atomic E-state index is 12.3. The topological polar surface area (TPSA) is 74.6 Å². The van der Waals surface area contributed by atoms with Crippen molar-refractivity contribution in [2.24, 2.45) is 0 Å². The van der Waals surface area contributed by atoms with Crippen LogP contribution in [-0.4, -0.2) is 29.4 Å². The van der Waals surface area contributed by atoms with E-state index in [0.717, 1.165) is 25.9 Å². The molecule has 0 aliphatic carbocycles. The van der Waals surface area contributed by atoms with Crippen molar-refractivity contribution in [1.29, 1.82) is 5.26 Å². The van der Waals surface area contributed by atoms with Crippen LogP contribution in [0.3, 0.4) is 0 Å². The van der Waals surface area contributed by atoms with Gasteiger partial charge in [-0.3, -0.25) is 9.52 Å². The van der Waals surface area contributed by atoms with Gasteiger partial charge in [0, 0.05) is 25.2 Å². The van der Waals surface area contributed by atoms with Crippen molar-refractivity contribution in [3.63, 3.8) is 0 Å². The van der Waals surface area contributed by atoms with Crippen LogP contribution in [0.15, 0.2) is 48.5 Å². The maximum Gasteiger partial charge on any atom is 0.271 e. The third-order valence-electron chi connectivity index (χ3n) is 3.95. The maximum absolute atomic E-state index is 12.3. The summed E-state index contributed by atoms with van der Waals surface area (Å²) < 4.78 is 16.5. The van der Waals surface area contributed by atoms with Crippen molar-refractivity contribution >= 4 is 18.0 Å². The van der Waals surface area contributed by atoms with Gasteiger partial charge in [-0.25, -0.2) is 4.31 Å². The molecular weight excluding hydrogens is 386 g/mol. The molecule has 154 valence electrons. The highest BCUT2D eigenvalue weighted by molar-refractivity contribution is 7.95. The zero-order valence-electron chi connectivity index (χ0n) is 17.1. The van der Waals surface area contributed by atoms with Crippen LogP contribution >= 0.6 is 12.1 Å². The van der Waals surface area contributed by atoms with Crippen LogP contribution in [0.5, 0.6) is 17.2 Å². The summed E-state index contributed by atoms with van der Waals surface area (Å²) in [6.45, 7) is 7.81. The van der Waals surface area contributed by atoms with E-state index in [9.17, 15) is 4.79 Å². The number of hydrogen-bond donors (Lipinski definition) is 1. The van der Waals surface area contributed by atoms with Gasteiger partial charge >= 0.3 is 0 Å². The summed E-state index contributed by atoms with van der Waals surface area (Å²) in [5, 5.41) is 8.83. The van der Waals surface area contributed by atoms with E-state index < -0.39 is 6.10 Å². The van der Waals surface area contributed by atoms with E-state index >= 15 is 0 Å². The van der Waals surface area contributed by atoms with E-state index in [1.165, 1.54) is 12.1 Å². The first-order valence-corrected chi connectivity index (χ1v) is 10.5. The lowest BCUT2D eigenvalue weighted by Gasteiger charge is -2.21. The Morgan fingerprint density at radius 2 is 1.55 bits per heavy atom. The lowest BCUT2D eigenvalue weighted by molar-refractivity contribution is -0.125. The van der Waals surface area contributed by atoms with E-state index in [-0.39, 0.29) is 5.91 Å². The Morgan fingerprint density at radius 3 is 2.07 bits per heavy atom. The number of nitrogens with one attached hydrogen (secondary N) is 1. The van der Waals surface area contributed by atoms with Gasteiger partial charge in [0.1, 0.15) is 17.2 Å². The van der Waals surface area contributed by atoms with Gasteiger partial charge < -0.3 is 9.47 Å². The molecule has 1 N–H and O–H groups in total. The Hall–Kier alpha value is -2.69. The highest BCUT2D eigenvalue weighted by atomic mass is 32.2. The summed E-state index contributed by atoms with van der Waals surface area (Å²) in [5.74, 6) is 1.70. The third kappa shape index (κ3) is 7.68. The summed E-state index contributed by atoms with van der Waals surface area (Å²) in [4.78, 5) is 12.3. The minimum absolute atomic E-state index is 0.176. The van der Waals surface area contributed by atoms with E-state index in [4.69, 9.17) is 14.7 Å². The largest absolute Gasteiger partial charge is 0.481 e. The molecule has 0 aliphatic rings. The van der Waals surface area contributed by atoms with Gasteiger partial charge in [0.25, 0.3) is 5.91 Å². The van der Waals surface area contributed by atoms with Crippen LogP contribution in [0.2, 0.25) is 0 Å². The lowest BCUT2D eigenvalue weighted by atomic mass is 10.2. The van der Waals surface area contributed by atoms with Crippen molar-refractivity contribution in [1.82, 2.24) is 9.03 Å². The number of benzene rings is 2. The molecule has 0 heterocycles. The van der Waals surface area contributed by atoms with Gasteiger partial charge in [-0.15, -0.1) is 0 Å². The molecule has 2 rings (SSSR count). The zero-order chi connectivity index (χ0) is 21.1. The standard InChI is InChI=1S/C22H27N3O3S/c1-4-14-25(15-5-2)29-24-22(26)17(3)27-19-10-12-21(13-11-19)28-20-8-6-18(16-23)7-9-20/h6-13,17H,4-5,14-15H2,1-3H3,(H,24,26). The molecule has 2 aromatic rings. The second-order valence-corrected chi connectivity index (χ2v) is 7.36. The highest BCUT2D eigenvalue weighted by Crippen LogP contribution is 2.24. The van der Waals surface area contributed by atoms with E-state index in [1.54, 1.807) is 55.5 Å². The number of nitrogens with zero attached hydrogens (tertiary/aromatic N) is 2. The first kappa shape index (κ1) is 22.6. The summed E-state index contributed by atoms with van der Waals surface area (Å²) in [6, 6.07) is 16.0. The van der Waals surface area contributed by atoms with E-state index in [0.29, 0.717) is 22.8 Å². The molecule has 7 heteroatoms. The molecule has 0 saturated heterocycles. The molecule has 1 unspecified atom stereocenters. The van der Waals surface area contributed by atoms with E-state index in [2.05, 4.69) is 28.9 Å². The van der Waals surface area contributed by atoms with Gasteiger partial charge in [0.15, 0.2) is 6.10 Å². The molecule has 0 bridgehead atoms. The minimum Gasteiger partial charge on any atom is -0.481 e. The second-order valence-electron chi connectivity index (χ2n) is 6.46. The van der Waals surface area contributed by atoms with Crippen LogP contribution < -0.4 is 14.2 Å². The normalized spacial score (nSPS) is 11.6. The molecule has 0 aliphatic heterocycles. The van der Waals surface area contributed by atoms with Crippen molar-refractivity contribution in [2.45, 2.75) is 39.7 Å². The number of hydrogen-bond acceptors (Lipinski definition) is 6. The van der Waals surface area contributed by atoms with Crippen LogP contribution in [0, 0.1) is 11.3 Å². The number of carbonyl (C=O) groups is 1. The first-order valence-electron chi connectivity index (χ1n) is 9.72. The zero-order valence-corrected chi connectivity index (χ0v) is 17.9. The fourth-order valence-corrected chi connectivity index (χ4v) is 3.40. The van der Waals surface area contributed by atoms with Crippen LogP contribution in [0.25, 0.3) is 0 Å². The molecule has 29 heavy (non-hydrogen) atoms. The predicted molar refractivity (Wildman–Crippen MR) is 116 cm³/mol. The quantitative estimate of drug-likeness (QED) is 0.527. The number of rotatable bonds is 11. The molecule has 0 fully saturated rings. The average Bonchev–Trinajstić information content (AvgIpc) is 2.74. The molecule has 0 saturated carbocycles. The van der Waals surface area contributed by atoms with Gasteiger partial charge in [-0.05, 0) is 68.3 Å². The Kier molecular flexibility index (Phi) is 9.35. The fourth-order valence-electron chi connectivity index (χ4n) is 2.47. The molecular formula is C22H27N3O3S. The average molecular weight is 414 g/mol. The second kappa shape index (κ2) is 12.0. The van der Waals surface area contributed by atoms with Crippen molar-refractivity contribution in [2.75, 3.05) is 13.1 Å². The molecule has 6 nitrogen and oxygen atoms in total. The molecule has 2 aromatic carbocycles. The third-order valence-corrected chi connectivity index (χ3v) is 4.86. The van der Waals surface area contributed by atoms with Crippen molar-refractivity contribution in [3.05, 3.63) is 54.1 Å². The SMILES string of the molecule is CCCN(CCC)SNC(=O)C(C)Oc1ccc(Oc2ccc(C#N)cc2)cc1. The molecule has 1 amide bonds. The Labute approximate surface area is 177 Å². The van der Waals surface area contributed by atoms with Gasteiger partial charge in [-0.2, -0.15) is 5.26 Å². The molecule has 0 spiro atoms. The van der Waals surface area contributed by atoms with Crippen LogP contribution in [0.1, 0.15) is 39.2 Å². The van der Waals surface area contributed by atoms with Gasteiger partial charge in [0.2, 0.25) is 0 Å². The van der Waals surface area contributed by atoms with Gasteiger partial charge in [-0.1, -0.05) is 13.8 Å².